The average Bonchev–Trinajstić information content (AvgIpc) is 2.83. The van der Waals surface area contributed by atoms with Gasteiger partial charge >= 0.3 is 5.97 Å². The number of ether oxygens (including phenoxy) is 1. The Bertz CT molecular complexity index is 449. The maximum atomic E-state index is 12.2. The van der Waals surface area contributed by atoms with Gasteiger partial charge in [0.2, 0.25) is 0 Å². The van der Waals surface area contributed by atoms with Gasteiger partial charge in [-0.1, -0.05) is 6.07 Å². The second-order valence-corrected chi connectivity index (χ2v) is 4.12. The molecule has 1 aromatic rings. The van der Waals surface area contributed by atoms with E-state index in [0.29, 0.717) is 6.42 Å². The number of carboxylic acids is 1. The third-order valence-corrected chi connectivity index (χ3v) is 3.03. The summed E-state index contributed by atoms with van der Waals surface area (Å²) < 4.78 is 5.13. The molecule has 96 valence electrons. The number of hydrogen-bond donors (Lipinski definition) is 1. The normalized spacial score (nSPS) is 23.1. The number of aliphatic carboxylic acids is 1. The predicted octanol–water partition coefficient (Wildman–Crippen LogP) is 0.396. The Hall–Kier alpha value is -1.95. The van der Waals surface area contributed by atoms with E-state index in [1.807, 2.05) is 0 Å². The maximum Gasteiger partial charge on any atom is 0.326 e. The van der Waals surface area contributed by atoms with Crippen LogP contribution in [0.5, 0.6) is 0 Å². The van der Waals surface area contributed by atoms with Crippen LogP contribution in [0, 0.1) is 0 Å². The van der Waals surface area contributed by atoms with E-state index in [4.69, 9.17) is 9.84 Å². The van der Waals surface area contributed by atoms with Gasteiger partial charge < -0.3 is 14.7 Å². The smallest absolute Gasteiger partial charge is 0.326 e. The summed E-state index contributed by atoms with van der Waals surface area (Å²) in [5.74, 6) is -1.39. The molecule has 1 saturated heterocycles. The molecule has 0 spiro atoms. The number of carbonyl (C=O) groups excluding carboxylic acids is 1. The summed E-state index contributed by atoms with van der Waals surface area (Å²) in [6.07, 6.45) is 1.58. The number of pyridine rings is 1. The van der Waals surface area contributed by atoms with Crippen molar-refractivity contribution >= 4 is 11.9 Å². The van der Waals surface area contributed by atoms with Crippen LogP contribution in [-0.2, 0) is 9.53 Å². The van der Waals surface area contributed by atoms with E-state index in [1.54, 1.807) is 18.2 Å². The van der Waals surface area contributed by atoms with Crippen LogP contribution in [0.2, 0.25) is 0 Å². The summed E-state index contributed by atoms with van der Waals surface area (Å²) in [5.41, 5.74) is 0.250. The Kier molecular flexibility index (Phi) is 3.57. The molecule has 1 aliphatic heterocycles. The van der Waals surface area contributed by atoms with E-state index in [0.717, 1.165) is 0 Å². The molecule has 2 unspecified atom stereocenters. The highest BCUT2D eigenvalue weighted by Gasteiger charge is 2.40. The van der Waals surface area contributed by atoms with Crippen LogP contribution < -0.4 is 0 Å². The van der Waals surface area contributed by atoms with Gasteiger partial charge in [0.05, 0.1) is 6.10 Å². The van der Waals surface area contributed by atoms with Crippen LogP contribution in [0.15, 0.2) is 24.4 Å². The van der Waals surface area contributed by atoms with Gasteiger partial charge in [-0.3, -0.25) is 9.78 Å². The highest BCUT2D eigenvalue weighted by atomic mass is 16.5. The predicted molar refractivity (Wildman–Crippen MR) is 62.1 cm³/mol. The van der Waals surface area contributed by atoms with E-state index in [9.17, 15) is 9.59 Å². The molecule has 1 aromatic heterocycles. The molecule has 2 atom stereocenters. The monoisotopic (exact) mass is 250 g/mol. The highest BCUT2D eigenvalue weighted by molar-refractivity contribution is 5.95. The van der Waals surface area contributed by atoms with Crippen molar-refractivity contribution in [2.24, 2.45) is 0 Å². The van der Waals surface area contributed by atoms with Gasteiger partial charge in [-0.25, -0.2) is 4.79 Å². The molecule has 0 bridgehead atoms. The second-order valence-electron chi connectivity index (χ2n) is 4.12. The van der Waals surface area contributed by atoms with Gasteiger partial charge in [0.25, 0.3) is 5.91 Å². The fraction of sp³-hybridized carbons (Fsp3) is 0.417. The molecular formula is C12H14N2O4. The number of amides is 1. The number of carbonyl (C=O) groups is 2. The van der Waals surface area contributed by atoms with Crippen LogP contribution >= 0.6 is 0 Å². The molecule has 1 amide bonds. The van der Waals surface area contributed by atoms with Gasteiger partial charge in [-0.15, -0.1) is 0 Å². The quantitative estimate of drug-likeness (QED) is 0.839. The number of hydrogen-bond acceptors (Lipinski definition) is 4. The zero-order valence-corrected chi connectivity index (χ0v) is 9.94. The van der Waals surface area contributed by atoms with E-state index < -0.39 is 12.0 Å². The minimum atomic E-state index is -1.01. The van der Waals surface area contributed by atoms with E-state index >= 15 is 0 Å². The molecule has 0 radical (unpaired) electrons. The minimum absolute atomic E-state index is 0.237. The first-order valence-electron chi connectivity index (χ1n) is 5.61. The van der Waals surface area contributed by atoms with Crippen molar-refractivity contribution in [3.05, 3.63) is 30.1 Å². The number of rotatable bonds is 3. The number of nitrogens with zero attached hydrogens (tertiary/aromatic N) is 2. The lowest BCUT2D eigenvalue weighted by Crippen LogP contribution is -2.40. The summed E-state index contributed by atoms with van der Waals surface area (Å²) in [6.45, 7) is 0.281. The van der Waals surface area contributed by atoms with E-state index in [1.165, 1.54) is 18.2 Å². The van der Waals surface area contributed by atoms with Crippen LogP contribution in [0.3, 0.4) is 0 Å². The van der Waals surface area contributed by atoms with Gasteiger partial charge in [0.15, 0.2) is 0 Å². The lowest BCUT2D eigenvalue weighted by molar-refractivity contribution is -0.141. The maximum absolute atomic E-state index is 12.2. The van der Waals surface area contributed by atoms with Crippen molar-refractivity contribution in [2.75, 3.05) is 13.7 Å². The summed E-state index contributed by atoms with van der Waals surface area (Å²) in [6, 6.07) is 4.12. The first-order chi connectivity index (χ1) is 8.63. The van der Waals surface area contributed by atoms with Crippen LogP contribution in [0.4, 0.5) is 0 Å². The lowest BCUT2D eigenvalue weighted by Gasteiger charge is -2.20. The zero-order chi connectivity index (χ0) is 13.1. The minimum Gasteiger partial charge on any atom is -0.480 e. The molecule has 2 heterocycles. The van der Waals surface area contributed by atoms with Crippen molar-refractivity contribution in [3.8, 4) is 0 Å². The molecule has 6 heteroatoms. The largest absolute Gasteiger partial charge is 0.480 e. The summed E-state index contributed by atoms with van der Waals surface area (Å²) >= 11 is 0. The van der Waals surface area contributed by atoms with E-state index in [2.05, 4.69) is 4.98 Å². The lowest BCUT2D eigenvalue weighted by atomic mass is 10.2. The average molecular weight is 250 g/mol. The molecular weight excluding hydrogens is 236 g/mol. The molecule has 2 rings (SSSR count). The molecule has 6 nitrogen and oxygen atoms in total. The standard InChI is InChI=1S/C12H14N2O4/c1-18-8-6-10(12(16)17)14(7-8)11(15)9-4-2-3-5-13-9/h2-5,8,10H,6-7H2,1H3,(H,16,17). The SMILES string of the molecule is COC1CC(C(=O)O)N(C(=O)c2ccccn2)C1. The molecule has 1 N–H and O–H groups in total. The molecule has 1 fully saturated rings. The fourth-order valence-electron chi connectivity index (χ4n) is 2.06. The van der Waals surface area contributed by atoms with Crippen molar-refractivity contribution in [2.45, 2.75) is 18.6 Å². The number of methoxy groups -OCH3 is 1. The third-order valence-electron chi connectivity index (χ3n) is 3.03. The van der Waals surface area contributed by atoms with Crippen molar-refractivity contribution in [1.82, 2.24) is 9.88 Å². The molecule has 1 aliphatic rings. The Morgan fingerprint density at radius 1 is 1.50 bits per heavy atom. The van der Waals surface area contributed by atoms with Crippen LogP contribution in [0.1, 0.15) is 16.9 Å². The second kappa shape index (κ2) is 5.14. The Morgan fingerprint density at radius 3 is 2.83 bits per heavy atom. The van der Waals surface area contributed by atoms with Gasteiger partial charge in [-0.2, -0.15) is 0 Å². The van der Waals surface area contributed by atoms with Crippen molar-refractivity contribution in [3.63, 3.8) is 0 Å². The molecule has 18 heavy (non-hydrogen) atoms. The topological polar surface area (TPSA) is 79.7 Å². The zero-order valence-electron chi connectivity index (χ0n) is 9.94. The Morgan fingerprint density at radius 2 is 2.28 bits per heavy atom. The summed E-state index contributed by atoms with van der Waals surface area (Å²) in [7, 11) is 1.51. The third kappa shape index (κ3) is 2.33. The first kappa shape index (κ1) is 12.5. The van der Waals surface area contributed by atoms with Crippen LogP contribution in [0.25, 0.3) is 0 Å². The van der Waals surface area contributed by atoms with Gasteiger partial charge in [0.1, 0.15) is 11.7 Å². The summed E-state index contributed by atoms with van der Waals surface area (Å²) in [5, 5.41) is 9.12. The van der Waals surface area contributed by atoms with Crippen molar-refractivity contribution < 1.29 is 19.4 Å². The summed E-state index contributed by atoms with van der Waals surface area (Å²) in [4.78, 5) is 28.6. The molecule has 0 aliphatic carbocycles. The molecule has 0 aromatic carbocycles. The van der Waals surface area contributed by atoms with Gasteiger partial charge in [-0.05, 0) is 12.1 Å². The highest BCUT2D eigenvalue weighted by Crippen LogP contribution is 2.22. The van der Waals surface area contributed by atoms with E-state index in [-0.39, 0.29) is 24.2 Å². The first-order valence-corrected chi connectivity index (χ1v) is 5.61. The van der Waals surface area contributed by atoms with Gasteiger partial charge in [0, 0.05) is 26.3 Å². The Balaban J connectivity index is 2.21. The number of likely N-dealkylation sites (tertiary alicyclic amines) is 1. The van der Waals surface area contributed by atoms with Crippen molar-refractivity contribution in [1.29, 1.82) is 0 Å². The fourth-order valence-corrected chi connectivity index (χ4v) is 2.06. The molecule has 0 saturated carbocycles. The Labute approximate surface area is 104 Å². The number of carboxylic acid groups (broad SMARTS) is 1. The number of aromatic nitrogens is 1. The van der Waals surface area contributed by atoms with Crippen LogP contribution in [-0.4, -0.2) is 52.7 Å².